The van der Waals surface area contributed by atoms with E-state index >= 15 is 0 Å². The highest BCUT2D eigenvalue weighted by molar-refractivity contribution is 6.09. The highest BCUT2D eigenvalue weighted by atomic mass is 14.9. The number of benzene rings is 6. The molecule has 0 heterocycles. The van der Waals surface area contributed by atoms with Crippen LogP contribution in [-0.4, -0.2) is 0 Å². The lowest BCUT2D eigenvalue weighted by Gasteiger charge is -2.24. The molecule has 0 bridgehead atoms. The van der Waals surface area contributed by atoms with Gasteiger partial charge in [0.1, 0.15) is 0 Å². The summed E-state index contributed by atoms with van der Waals surface area (Å²) in [6.07, 6.45) is 4.08. The number of rotatable bonds is 5. The molecule has 0 unspecified atom stereocenters. The molecular weight excluding hydrogens is 555 g/mol. The normalized spacial score (nSPS) is 14.5. The number of hydrogen-bond acceptors (Lipinski definition) is 1. The maximum absolute atomic E-state index is 3.77. The molecule has 1 heteroatoms. The molecule has 6 aromatic rings. The predicted octanol–water partition coefficient (Wildman–Crippen LogP) is 13.1. The van der Waals surface area contributed by atoms with Crippen LogP contribution in [0.5, 0.6) is 0 Å². The van der Waals surface area contributed by atoms with Gasteiger partial charge in [-0.05, 0) is 96.7 Å². The zero-order valence-electron chi connectivity index (χ0n) is 28.2. The lowest BCUT2D eigenvalue weighted by molar-refractivity contribution is 0.660. The quantitative estimate of drug-likeness (QED) is 0.208. The van der Waals surface area contributed by atoms with E-state index in [1.54, 1.807) is 0 Å². The average molecular weight is 600 g/mol. The van der Waals surface area contributed by atoms with Gasteiger partial charge in [0.2, 0.25) is 0 Å². The third kappa shape index (κ3) is 4.85. The van der Waals surface area contributed by atoms with Crippen LogP contribution in [0.25, 0.3) is 44.2 Å². The van der Waals surface area contributed by atoms with Crippen LogP contribution in [0, 0.1) is 0 Å². The standard InChI is InChI=1S/C40H33N.C5H12/c1-39(2)34-17-11-10-15-29(34)30-20-18-26(22-35(30)39)41-27-19-21-32-36(23-27)40(3,4)37-24-33(25-12-6-5-7-13-25)28-14-8-9-16-31(28)38(32)37;1-3-5-4-2/h5-24,41H,1-4H3;3-5H2,1-2H3. The Labute approximate surface area is 275 Å². The van der Waals surface area contributed by atoms with Crippen molar-refractivity contribution in [3.05, 3.63) is 144 Å². The predicted molar refractivity (Wildman–Crippen MR) is 199 cm³/mol. The number of unbranched alkanes of at least 4 members (excludes halogenated alkanes) is 2. The summed E-state index contributed by atoms with van der Waals surface area (Å²) in [4.78, 5) is 0. The van der Waals surface area contributed by atoms with E-state index < -0.39 is 0 Å². The Kier molecular flexibility index (Phi) is 7.60. The largest absolute Gasteiger partial charge is 0.356 e. The van der Waals surface area contributed by atoms with Gasteiger partial charge >= 0.3 is 0 Å². The second kappa shape index (κ2) is 11.6. The number of anilines is 2. The van der Waals surface area contributed by atoms with Crippen LogP contribution in [0.1, 0.15) is 83.1 Å². The van der Waals surface area contributed by atoms with E-state index in [0.29, 0.717) is 0 Å². The molecule has 0 amide bonds. The molecule has 2 aliphatic carbocycles. The summed E-state index contributed by atoms with van der Waals surface area (Å²) in [6.45, 7) is 13.8. The maximum atomic E-state index is 3.77. The van der Waals surface area contributed by atoms with Gasteiger partial charge in [0, 0.05) is 22.2 Å². The van der Waals surface area contributed by atoms with Crippen molar-refractivity contribution in [2.75, 3.05) is 5.32 Å². The number of fused-ring (bicyclic) bond motifs is 8. The van der Waals surface area contributed by atoms with Crippen molar-refractivity contribution in [2.45, 2.75) is 71.6 Å². The summed E-state index contributed by atoms with van der Waals surface area (Å²) < 4.78 is 0. The van der Waals surface area contributed by atoms with Gasteiger partial charge in [0.05, 0.1) is 0 Å². The third-order valence-electron chi connectivity index (χ3n) is 10.3. The van der Waals surface area contributed by atoms with Crippen LogP contribution in [0.3, 0.4) is 0 Å². The van der Waals surface area contributed by atoms with Crippen molar-refractivity contribution >= 4 is 22.1 Å². The molecule has 0 aliphatic heterocycles. The molecule has 0 fully saturated rings. The smallest absolute Gasteiger partial charge is 0.0387 e. The van der Waals surface area contributed by atoms with Crippen LogP contribution in [0.4, 0.5) is 11.4 Å². The summed E-state index contributed by atoms with van der Waals surface area (Å²) in [5, 5.41) is 6.41. The minimum Gasteiger partial charge on any atom is -0.356 e. The molecule has 1 nitrogen and oxygen atoms in total. The van der Waals surface area contributed by atoms with Crippen LogP contribution in [0.15, 0.2) is 121 Å². The molecule has 0 aromatic heterocycles. The van der Waals surface area contributed by atoms with Crippen molar-refractivity contribution in [3.63, 3.8) is 0 Å². The van der Waals surface area contributed by atoms with Gasteiger partial charge in [-0.15, -0.1) is 0 Å². The van der Waals surface area contributed by atoms with Gasteiger partial charge in [0.15, 0.2) is 0 Å². The first kappa shape index (κ1) is 30.1. The zero-order chi connectivity index (χ0) is 32.1. The van der Waals surface area contributed by atoms with Crippen LogP contribution >= 0.6 is 0 Å². The fourth-order valence-electron chi connectivity index (χ4n) is 7.82. The number of nitrogens with one attached hydrogen (secondary N) is 1. The molecule has 1 N–H and O–H groups in total. The Bertz CT molecular complexity index is 2060. The molecule has 0 atom stereocenters. The molecule has 6 aromatic carbocycles. The summed E-state index contributed by atoms with van der Waals surface area (Å²) in [6, 6.07) is 44.8. The zero-order valence-corrected chi connectivity index (χ0v) is 28.2. The van der Waals surface area contributed by atoms with E-state index in [2.05, 4.69) is 168 Å². The molecule has 230 valence electrons. The minimum atomic E-state index is -0.114. The third-order valence-corrected chi connectivity index (χ3v) is 10.3. The second-order valence-electron chi connectivity index (χ2n) is 14.1. The van der Waals surface area contributed by atoms with E-state index in [-0.39, 0.29) is 10.8 Å². The van der Waals surface area contributed by atoms with Crippen molar-refractivity contribution < 1.29 is 0 Å². The van der Waals surface area contributed by atoms with Gasteiger partial charge in [-0.3, -0.25) is 0 Å². The maximum Gasteiger partial charge on any atom is 0.0387 e. The Balaban J connectivity index is 0.000000630. The molecular formula is C45H45N. The summed E-state index contributed by atoms with van der Waals surface area (Å²) in [5.41, 5.74) is 15.7. The SMILES string of the molecule is CC1(C)c2ccccc2-c2ccc(Nc3ccc4c(c3)C(C)(C)c3cc(-c5ccccc5)c5ccccc5c3-4)cc21.CCCCC. The van der Waals surface area contributed by atoms with Crippen molar-refractivity contribution in [3.8, 4) is 33.4 Å². The number of hydrogen-bond donors (Lipinski definition) is 1. The van der Waals surface area contributed by atoms with Crippen LogP contribution < -0.4 is 5.32 Å². The highest BCUT2D eigenvalue weighted by Crippen LogP contribution is 2.54. The Morgan fingerprint density at radius 3 is 1.67 bits per heavy atom. The van der Waals surface area contributed by atoms with E-state index in [1.807, 2.05) is 0 Å². The monoisotopic (exact) mass is 599 g/mol. The fourth-order valence-corrected chi connectivity index (χ4v) is 7.82. The lowest BCUT2D eigenvalue weighted by atomic mass is 9.80. The first-order valence-corrected chi connectivity index (χ1v) is 17.0. The molecule has 0 saturated heterocycles. The summed E-state index contributed by atoms with van der Waals surface area (Å²) >= 11 is 0. The Morgan fingerprint density at radius 2 is 1.00 bits per heavy atom. The van der Waals surface area contributed by atoms with Gasteiger partial charge in [-0.2, -0.15) is 0 Å². The molecule has 0 spiro atoms. The first-order chi connectivity index (χ1) is 22.3. The van der Waals surface area contributed by atoms with Crippen LogP contribution in [-0.2, 0) is 10.8 Å². The van der Waals surface area contributed by atoms with Gasteiger partial charge in [-0.1, -0.05) is 152 Å². The van der Waals surface area contributed by atoms with E-state index in [4.69, 9.17) is 0 Å². The second-order valence-corrected chi connectivity index (χ2v) is 14.1. The lowest BCUT2D eigenvalue weighted by Crippen LogP contribution is -2.15. The van der Waals surface area contributed by atoms with E-state index in [1.165, 1.54) is 85.7 Å². The van der Waals surface area contributed by atoms with Gasteiger partial charge in [-0.25, -0.2) is 0 Å². The highest BCUT2D eigenvalue weighted by Gasteiger charge is 2.38. The average Bonchev–Trinajstić information content (AvgIpc) is 3.44. The minimum absolute atomic E-state index is 0.0112. The van der Waals surface area contributed by atoms with Crippen molar-refractivity contribution in [1.29, 1.82) is 0 Å². The van der Waals surface area contributed by atoms with Gasteiger partial charge in [0.25, 0.3) is 0 Å². The van der Waals surface area contributed by atoms with Gasteiger partial charge < -0.3 is 5.32 Å². The summed E-state index contributed by atoms with van der Waals surface area (Å²) in [5.74, 6) is 0. The Hall–Kier alpha value is -4.62. The molecule has 46 heavy (non-hydrogen) atoms. The van der Waals surface area contributed by atoms with Crippen molar-refractivity contribution in [2.24, 2.45) is 0 Å². The molecule has 8 rings (SSSR count). The first-order valence-electron chi connectivity index (χ1n) is 17.0. The van der Waals surface area contributed by atoms with Crippen molar-refractivity contribution in [1.82, 2.24) is 0 Å². The molecule has 0 radical (unpaired) electrons. The molecule has 0 saturated carbocycles. The fraction of sp³-hybridized carbons (Fsp3) is 0.244. The topological polar surface area (TPSA) is 12.0 Å². The van der Waals surface area contributed by atoms with E-state index in [0.717, 1.165) is 11.4 Å². The Morgan fingerprint density at radius 1 is 0.457 bits per heavy atom. The van der Waals surface area contributed by atoms with Crippen LogP contribution in [0.2, 0.25) is 0 Å². The summed E-state index contributed by atoms with van der Waals surface area (Å²) in [7, 11) is 0. The molecule has 2 aliphatic rings. The van der Waals surface area contributed by atoms with E-state index in [9.17, 15) is 0 Å².